The number of para-hydroxylation sites is 1. The lowest BCUT2D eigenvalue weighted by Gasteiger charge is -2.22. The van der Waals surface area contributed by atoms with Crippen LogP contribution in [0.25, 0.3) is 16.9 Å². The van der Waals surface area contributed by atoms with Gasteiger partial charge < -0.3 is 4.90 Å². The third-order valence-electron chi connectivity index (χ3n) is 5.80. The number of carbonyl (C=O) groups excluding carboxylic acids is 1. The van der Waals surface area contributed by atoms with Crippen LogP contribution < -0.4 is 4.90 Å². The summed E-state index contributed by atoms with van der Waals surface area (Å²) in [6.45, 7) is 2.25. The van der Waals surface area contributed by atoms with Crippen LogP contribution in [0.2, 0.25) is 0 Å². The van der Waals surface area contributed by atoms with Crippen LogP contribution in [0.3, 0.4) is 0 Å². The highest BCUT2D eigenvalue weighted by Crippen LogP contribution is 2.28. The van der Waals surface area contributed by atoms with Crippen LogP contribution in [0.5, 0.6) is 0 Å². The highest BCUT2D eigenvalue weighted by Gasteiger charge is 2.25. The van der Waals surface area contributed by atoms with Gasteiger partial charge in [0.25, 0.3) is 12.3 Å². The number of rotatable bonds is 6. The average Bonchev–Trinajstić information content (AvgIpc) is 3.32. The molecule has 3 aromatic carbocycles. The van der Waals surface area contributed by atoms with Gasteiger partial charge in [0.15, 0.2) is 5.65 Å². The maximum absolute atomic E-state index is 14.0. The summed E-state index contributed by atoms with van der Waals surface area (Å²) in [6, 6.07) is 27.6. The van der Waals surface area contributed by atoms with Gasteiger partial charge in [0.1, 0.15) is 11.3 Å². The number of aryl methyl sites for hydroxylation is 1. The first-order chi connectivity index (χ1) is 17.0. The van der Waals surface area contributed by atoms with Crippen molar-refractivity contribution in [1.29, 1.82) is 0 Å². The second-order valence-electron chi connectivity index (χ2n) is 8.24. The van der Waals surface area contributed by atoms with Crippen molar-refractivity contribution in [2.24, 2.45) is 0 Å². The lowest BCUT2D eigenvalue weighted by Crippen LogP contribution is -2.30. The van der Waals surface area contributed by atoms with Gasteiger partial charge in [-0.2, -0.15) is 5.10 Å². The number of fused-ring (bicyclic) bond motifs is 1. The molecule has 0 radical (unpaired) electrons. The van der Waals surface area contributed by atoms with Crippen LogP contribution in [0, 0.1) is 6.92 Å². The van der Waals surface area contributed by atoms with Crippen molar-refractivity contribution in [2.75, 3.05) is 4.90 Å². The topological polar surface area (TPSA) is 50.5 Å². The van der Waals surface area contributed by atoms with Gasteiger partial charge >= 0.3 is 0 Å². The normalized spacial score (nSPS) is 11.2. The Labute approximate surface area is 201 Å². The maximum atomic E-state index is 14.0. The highest BCUT2D eigenvalue weighted by atomic mass is 19.3. The van der Waals surface area contributed by atoms with Gasteiger partial charge in [-0.25, -0.2) is 18.3 Å². The van der Waals surface area contributed by atoms with Gasteiger partial charge in [-0.1, -0.05) is 78.4 Å². The molecule has 2 aromatic heterocycles. The Morgan fingerprint density at radius 2 is 1.60 bits per heavy atom. The monoisotopic (exact) mass is 468 g/mol. The number of benzene rings is 3. The van der Waals surface area contributed by atoms with Gasteiger partial charge in [-0.05, 0) is 30.7 Å². The third-order valence-corrected chi connectivity index (χ3v) is 5.80. The van der Waals surface area contributed by atoms with E-state index in [1.54, 1.807) is 4.90 Å². The molecule has 0 spiro atoms. The number of carbonyl (C=O) groups is 1. The minimum absolute atomic E-state index is 0.0948. The van der Waals surface area contributed by atoms with Crippen LogP contribution in [0.1, 0.15) is 33.6 Å². The summed E-state index contributed by atoms with van der Waals surface area (Å²) in [5.74, 6) is -0.371. The van der Waals surface area contributed by atoms with Crippen LogP contribution in [0.4, 0.5) is 14.5 Å². The molecular formula is C28H22F2N4O. The molecule has 0 N–H and O–H groups in total. The molecule has 0 saturated heterocycles. The molecule has 1 amide bonds. The molecular weight excluding hydrogens is 446 g/mol. The second-order valence-corrected chi connectivity index (χ2v) is 8.24. The summed E-state index contributed by atoms with van der Waals surface area (Å²) >= 11 is 0. The van der Waals surface area contributed by atoms with Crippen LogP contribution in [-0.4, -0.2) is 20.5 Å². The predicted octanol–water partition coefficient (Wildman–Crippen LogP) is 6.49. The van der Waals surface area contributed by atoms with E-state index in [1.807, 2.05) is 91.9 Å². The van der Waals surface area contributed by atoms with E-state index in [4.69, 9.17) is 0 Å². The molecule has 174 valence electrons. The van der Waals surface area contributed by atoms with E-state index in [0.717, 1.165) is 15.6 Å². The fourth-order valence-electron chi connectivity index (χ4n) is 3.96. The Morgan fingerprint density at radius 3 is 2.26 bits per heavy atom. The fraction of sp³-hybridized carbons (Fsp3) is 0.107. The van der Waals surface area contributed by atoms with Crippen LogP contribution in [-0.2, 0) is 6.54 Å². The predicted molar refractivity (Wildman–Crippen MR) is 132 cm³/mol. The van der Waals surface area contributed by atoms with E-state index < -0.39 is 6.43 Å². The van der Waals surface area contributed by atoms with E-state index in [-0.39, 0.29) is 22.8 Å². The van der Waals surface area contributed by atoms with Gasteiger partial charge in [-0.3, -0.25) is 4.79 Å². The van der Waals surface area contributed by atoms with Crippen LogP contribution in [0.15, 0.2) is 97.2 Å². The molecule has 0 atom stereocenters. The standard InChI is InChI=1S/C28H22F2N4O/c1-19-12-14-21(15-13-19)24-16-25(26(29)30)34-27(32-24)23(17-31-34)28(35)33(22-10-6-3-7-11-22)18-20-8-4-2-5-9-20/h2-17,26H,18H2,1H3. The summed E-state index contributed by atoms with van der Waals surface area (Å²) in [7, 11) is 0. The molecule has 5 rings (SSSR count). The van der Waals surface area contributed by atoms with Crippen LogP contribution >= 0.6 is 0 Å². The summed E-state index contributed by atoms with van der Waals surface area (Å²) in [5, 5.41) is 4.12. The van der Waals surface area contributed by atoms with Gasteiger partial charge in [-0.15, -0.1) is 0 Å². The summed E-state index contributed by atoms with van der Waals surface area (Å²) in [6.07, 6.45) is -1.47. The van der Waals surface area contributed by atoms with E-state index in [0.29, 0.717) is 23.5 Å². The molecule has 5 nitrogen and oxygen atoms in total. The molecule has 35 heavy (non-hydrogen) atoms. The first-order valence-corrected chi connectivity index (χ1v) is 11.2. The number of hydrogen-bond acceptors (Lipinski definition) is 3. The molecule has 5 aromatic rings. The summed E-state index contributed by atoms with van der Waals surface area (Å²) in [4.78, 5) is 20.1. The number of alkyl halides is 2. The number of halogens is 2. The highest BCUT2D eigenvalue weighted by molar-refractivity contribution is 6.09. The average molecular weight is 469 g/mol. The Bertz CT molecular complexity index is 1470. The Kier molecular flexibility index (Phi) is 6.06. The van der Waals surface area contributed by atoms with Crippen molar-refractivity contribution < 1.29 is 13.6 Å². The largest absolute Gasteiger partial charge is 0.304 e. The number of nitrogens with zero attached hydrogens (tertiary/aromatic N) is 4. The van der Waals surface area contributed by atoms with Gasteiger partial charge in [0, 0.05) is 11.3 Å². The van der Waals surface area contributed by atoms with E-state index in [2.05, 4.69) is 10.1 Å². The summed E-state index contributed by atoms with van der Waals surface area (Å²) in [5.41, 5.74) is 3.63. The van der Waals surface area contributed by atoms with Crippen molar-refractivity contribution in [1.82, 2.24) is 14.6 Å². The van der Waals surface area contributed by atoms with Gasteiger partial charge in [0.05, 0.1) is 18.4 Å². The molecule has 2 heterocycles. The lowest BCUT2D eigenvalue weighted by atomic mass is 10.1. The lowest BCUT2D eigenvalue weighted by molar-refractivity contribution is 0.0986. The van der Waals surface area contributed by atoms with E-state index in [9.17, 15) is 13.6 Å². The third kappa shape index (κ3) is 4.53. The van der Waals surface area contributed by atoms with Crippen molar-refractivity contribution in [3.63, 3.8) is 0 Å². The minimum atomic E-state index is -2.79. The Morgan fingerprint density at radius 1 is 0.943 bits per heavy atom. The molecule has 0 bridgehead atoms. The SMILES string of the molecule is Cc1ccc(-c2cc(C(F)F)n3ncc(C(=O)N(Cc4ccccc4)c4ccccc4)c3n2)cc1. The maximum Gasteiger partial charge on any atom is 0.280 e. The first kappa shape index (κ1) is 22.4. The quantitative estimate of drug-likeness (QED) is 0.286. The van der Waals surface area contributed by atoms with Crippen molar-refractivity contribution in [3.05, 3.63) is 120 Å². The number of hydrogen-bond donors (Lipinski definition) is 0. The molecule has 0 aliphatic carbocycles. The smallest absolute Gasteiger partial charge is 0.280 e. The van der Waals surface area contributed by atoms with Crippen molar-refractivity contribution in [3.8, 4) is 11.3 Å². The Balaban J connectivity index is 1.64. The zero-order chi connectivity index (χ0) is 24.4. The molecule has 0 aliphatic heterocycles. The molecule has 0 saturated carbocycles. The van der Waals surface area contributed by atoms with Crippen molar-refractivity contribution >= 4 is 17.2 Å². The van der Waals surface area contributed by atoms with Gasteiger partial charge in [0.2, 0.25) is 0 Å². The molecule has 0 aliphatic rings. The summed E-state index contributed by atoms with van der Waals surface area (Å²) < 4.78 is 29.0. The zero-order valence-corrected chi connectivity index (χ0v) is 19.0. The van der Waals surface area contributed by atoms with Crippen molar-refractivity contribution in [2.45, 2.75) is 19.9 Å². The van der Waals surface area contributed by atoms with E-state index in [1.165, 1.54) is 12.3 Å². The second kappa shape index (κ2) is 9.46. The number of aromatic nitrogens is 3. The minimum Gasteiger partial charge on any atom is -0.304 e. The zero-order valence-electron chi connectivity index (χ0n) is 19.0. The Hall–Kier alpha value is -4.39. The molecule has 7 heteroatoms. The molecule has 0 fully saturated rings. The molecule has 0 unspecified atom stereocenters. The fourth-order valence-corrected chi connectivity index (χ4v) is 3.96. The number of anilines is 1. The van der Waals surface area contributed by atoms with E-state index >= 15 is 0 Å². The first-order valence-electron chi connectivity index (χ1n) is 11.2. The number of amides is 1.